The van der Waals surface area contributed by atoms with Gasteiger partial charge < -0.3 is 4.52 Å². The van der Waals surface area contributed by atoms with Gasteiger partial charge in [0.25, 0.3) is 5.56 Å². The molecule has 0 saturated carbocycles. The van der Waals surface area contributed by atoms with Crippen LogP contribution in [0.2, 0.25) is 0 Å². The van der Waals surface area contributed by atoms with Crippen LogP contribution in [-0.2, 0) is 12.3 Å². The molecule has 0 aliphatic heterocycles. The van der Waals surface area contributed by atoms with Crippen molar-refractivity contribution >= 4 is 28.4 Å². The standard InChI is InChI=1S/C23H21FN6O2S/c1-14(2)11-12-29-21(31)17-5-3-4-6-18(17)30-22(29)26-27-23(30)33-13-19-25-20(28-32-19)15-7-9-16(24)10-8-15/h3-10,14H,11-13H2,1-2H3. The molecule has 5 rings (SSSR count). The number of hydrogen-bond acceptors (Lipinski definition) is 7. The van der Waals surface area contributed by atoms with Gasteiger partial charge in [0.05, 0.1) is 16.7 Å². The molecule has 10 heteroatoms. The van der Waals surface area contributed by atoms with Crippen molar-refractivity contribution in [3.63, 3.8) is 0 Å². The van der Waals surface area contributed by atoms with E-state index >= 15 is 0 Å². The molecule has 3 heterocycles. The summed E-state index contributed by atoms with van der Waals surface area (Å²) in [6.45, 7) is 4.82. The van der Waals surface area contributed by atoms with E-state index in [0.29, 0.717) is 51.8 Å². The zero-order chi connectivity index (χ0) is 22.9. The third kappa shape index (κ3) is 4.13. The smallest absolute Gasteiger partial charge is 0.262 e. The van der Waals surface area contributed by atoms with Gasteiger partial charge in [0.15, 0.2) is 5.16 Å². The molecule has 168 valence electrons. The second kappa shape index (κ2) is 8.78. The quantitative estimate of drug-likeness (QED) is 0.326. The molecule has 0 bridgehead atoms. The molecule has 0 N–H and O–H groups in total. The molecule has 0 aliphatic carbocycles. The first-order valence-electron chi connectivity index (χ1n) is 10.6. The van der Waals surface area contributed by atoms with Gasteiger partial charge in [-0.1, -0.05) is 42.9 Å². The second-order valence-electron chi connectivity index (χ2n) is 8.08. The van der Waals surface area contributed by atoms with Gasteiger partial charge in [-0.05, 0) is 48.7 Å². The zero-order valence-corrected chi connectivity index (χ0v) is 18.9. The molecule has 3 aromatic heterocycles. The Morgan fingerprint density at radius 1 is 1.09 bits per heavy atom. The summed E-state index contributed by atoms with van der Waals surface area (Å²) in [5, 5.41) is 13.9. The van der Waals surface area contributed by atoms with Crippen LogP contribution in [0.15, 0.2) is 63.0 Å². The lowest BCUT2D eigenvalue weighted by Crippen LogP contribution is -2.24. The summed E-state index contributed by atoms with van der Waals surface area (Å²) in [6.07, 6.45) is 0.859. The molecule has 2 aromatic carbocycles. The first-order valence-corrected chi connectivity index (χ1v) is 11.6. The summed E-state index contributed by atoms with van der Waals surface area (Å²) in [7, 11) is 0. The molecular formula is C23H21FN6O2S. The summed E-state index contributed by atoms with van der Waals surface area (Å²) in [5.74, 6) is 1.82. The van der Waals surface area contributed by atoms with E-state index in [1.165, 1.54) is 23.9 Å². The third-order valence-electron chi connectivity index (χ3n) is 5.30. The Morgan fingerprint density at radius 2 is 1.88 bits per heavy atom. The van der Waals surface area contributed by atoms with Gasteiger partial charge in [-0.2, -0.15) is 4.98 Å². The third-order valence-corrected chi connectivity index (χ3v) is 6.22. The summed E-state index contributed by atoms with van der Waals surface area (Å²) >= 11 is 1.39. The molecular weight excluding hydrogens is 443 g/mol. The number of fused-ring (bicyclic) bond motifs is 3. The van der Waals surface area contributed by atoms with Crippen LogP contribution in [0.25, 0.3) is 28.1 Å². The van der Waals surface area contributed by atoms with E-state index in [2.05, 4.69) is 34.2 Å². The largest absolute Gasteiger partial charge is 0.338 e. The first-order chi connectivity index (χ1) is 16.0. The number of halogens is 1. The van der Waals surface area contributed by atoms with Crippen molar-refractivity contribution in [1.29, 1.82) is 0 Å². The molecule has 0 aliphatic rings. The molecule has 0 spiro atoms. The van der Waals surface area contributed by atoms with Crippen molar-refractivity contribution in [2.75, 3.05) is 0 Å². The summed E-state index contributed by atoms with van der Waals surface area (Å²) in [6, 6.07) is 13.4. The first kappa shape index (κ1) is 21.3. The Balaban J connectivity index is 1.48. The van der Waals surface area contributed by atoms with Gasteiger partial charge in [-0.15, -0.1) is 10.2 Å². The molecule has 8 nitrogen and oxygen atoms in total. The number of rotatable bonds is 7. The number of benzene rings is 2. The van der Waals surface area contributed by atoms with Crippen LogP contribution < -0.4 is 5.56 Å². The summed E-state index contributed by atoms with van der Waals surface area (Å²) < 4.78 is 22.1. The molecule has 0 radical (unpaired) electrons. The van der Waals surface area contributed by atoms with E-state index in [1.807, 2.05) is 28.7 Å². The lowest BCUT2D eigenvalue weighted by Gasteiger charge is -2.12. The highest BCUT2D eigenvalue weighted by Crippen LogP contribution is 2.25. The highest BCUT2D eigenvalue weighted by Gasteiger charge is 2.18. The Morgan fingerprint density at radius 3 is 2.67 bits per heavy atom. The summed E-state index contributed by atoms with van der Waals surface area (Å²) in [5.41, 5.74) is 1.36. The van der Waals surface area contributed by atoms with Crippen molar-refractivity contribution < 1.29 is 8.91 Å². The Kier molecular flexibility index (Phi) is 5.67. The van der Waals surface area contributed by atoms with Gasteiger partial charge in [-0.25, -0.2) is 4.39 Å². The maximum Gasteiger partial charge on any atom is 0.262 e. The number of para-hydroxylation sites is 1. The molecule has 0 saturated heterocycles. The van der Waals surface area contributed by atoms with Crippen LogP contribution >= 0.6 is 11.8 Å². The monoisotopic (exact) mass is 464 g/mol. The Bertz CT molecular complexity index is 1490. The molecule has 5 aromatic rings. The number of aryl methyl sites for hydroxylation is 1. The Hall–Kier alpha value is -3.53. The minimum absolute atomic E-state index is 0.0662. The number of thioether (sulfide) groups is 1. The lowest BCUT2D eigenvalue weighted by molar-refractivity contribution is 0.391. The lowest BCUT2D eigenvalue weighted by atomic mass is 10.1. The van der Waals surface area contributed by atoms with E-state index < -0.39 is 0 Å². The van der Waals surface area contributed by atoms with Gasteiger partial charge in [0.2, 0.25) is 17.5 Å². The zero-order valence-electron chi connectivity index (χ0n) is 18.1. The van der Waals surface area contributed by atoms with Crippen molar-refractivity contribution in [2.24, 2.45) is 5.92 Å². The average Bonchev–Trinajstić information content (AvgIpc) is 3.45. The van der Waals surface area contributed by atoms with E-state index in [4.69, 9.17) is 4.52 Å². The molecule has 0 unspecified atom stereocenters. The normalized spacial score (nSPS) is 11.8. The average molecular weight is 465 g/mol. The number of nitrogens with zero attached hydrogens (tertiary/aromatic N) is 6. The highest BCUT2D eigenvalue weighted by molar-refractivity contribution is 7.98. The van der Waals surface area contributed by atoms with Crippen molar-refractivity contribution in [3.05, 3.63) is 70.6 Å². The fraction of sp³-hybridized carbons (Fsp3) is 0.261. The van der Waals surface area contributed by atoms with Gasteiger partial charge in [0.1, 0.15) is 5.82 Å². The minimum atomic E-state index is -0.323. The van der Waals surface area contributed by atoms with Crippen LogP contribution in [0, 0.1) is 11.7 Å². The van der Waals surface area contributed by atoms with E-state index in [0.717, 1.165) is 11.9 Å². The van der Waals surface area contributed by atoms with E-state index in [-0.39, 0.29) is 11.4 Å². The number of hydrogen-bond donors (Lipinski definition) is 0. The maximum absolute atomic E-state index is 13.2. The Labute approximate surface area is 192 Å². The van der Waals surface area contributed by atoms with E-state index in [9.17, 15) is 9.18 Å². The van der Waals surface area contributed by atoms with Crippen LogP contribution in [0.3, 0.4) is 0 Å². The predicted molar refractivity (Wildman–Crippen MR) is 123 cm³/mol. The van der Waals surface area contributed by atoms with Crippen LogP contribution in [0.5, 0.6) is 0 Å². The minimum Gasteiger partial charge on any atom is -0.338 e. The van der Waals surface area contributed by atoms with E-state index in [1.54, 1.807) is 16.7 Å². The predicted octanol–water partition coefficient (Wildman–Crippen LogP) is 4.57. The topological polar surface area (TPSA) is 91.1 Å². The second-order valence-corrected chi connectivity index (χ2v) is 9.02. The fourth-order valence-corrected chi connectivity index (χ4v) is 4.35. The van der Waals surface area contributed by atoms with Crippen molar-refractivity contribution in [2.45, 2.75) is 37.7 Å². The highest BCUT2D eigenvalue weighted by atomic mass is 32.2. The number of aromatic nitrogens is 6. The molecule has 0 atom stereocenters. The van der Waals surface area contributed by atoms with Crippen LogP contribution in [0.1, 0.15) is 26.2 Å². The fourth-order valence-electron chi connectivity index (χ4n) is 3.57. The van der Waals surface area contributed by atoms with Crippen LogP contribution in [-0.4, -0.2) is 29.3 Å². The molecule has 0 amide bonds. The van der Waals surface area contributed by atoms with Gasteiger partial charge >= 0.3 is 0 Å². The maximum atomic E-state index is 13.2. The van der Waals surface area contributed by atoms with Crippen LogP contribution in [0.4, 0.5) is 4.39 Å². The van der Waals surface area contributed by atoms with Gasteiger partial charge in [-0.3, -0.25) is 13.8 Å². The van der Waals surface area contributed by atoms with Gasteiger partial charge in [0, 0.05) is 12.1 Å². The molecule has 33 heavy (non-hydrogen) atoms. The summed E-state index contributed by atoms with van der Waals surface area (Å²) in [4.78, 5) is 17.5. The van der Waals surface area contributed by atoms with Crippen molar-refractivity contribution in [1.82, 2.24) is 29.3 Å². The van der Waals surface area contributed by atoms with Crippen molar-refractivity contribution in [3.8, 4) is 11.4 Å². The SMILES string of the molecule is CC(C)CCn1c(=O)c2ccccc2n2c(SCc3nc(-c4ccc(F)cc4)no3)nnc12. The molecule has 0 fully saturated rings.